The van der Waals surface area contributed by atoms with Gasteiger partial charge >= 0.3 is 0 Å². The van der Waals surface area contributed by atoms with Gasteiger partial charge in [-0.1, -0.05) is 44.2 Å². The van der Waals surface area contributed by atoms with E-state index in [1.807, 2.05) is 44.2 Å². The third kappa shape index (κ3) is 1.04. The number of halogens is 1. The molecule has 0 aliphatic heterocycles. The highest BCUT2D eigenvalue weighted by Gasteiger charge is 2.60. The lowest BCUT2D eigenvalue weighted by Crippen LogP contribution is -2.62. The van der Waals surface area contributed by atoms with E-state index in [1.165, 1.54) is 0 Å². The quantitative estimate of drug-likeness (QED) is 0.729. The highest BCUT2D eigenvalue weighted by Crippen LogP contribution is 2.57. The Morgan fingerprint density at radius 3 is 2.29 bits per heavy atom. The second-order valence-electron chi connectivity index (χ2n) is 4.70. The van der Waals surface area contributed by atoms with Crippen LogP contribution in [0.2, 0.25) is 0 Å². The lowest BCUT2D eigenvalue weighted by molar-refractivity contribution is -0.108. The summed E-state index contributed by atoms with van der Waals surface area (Å²) in [6.45, 7) is 3.79. The lowest BCUT2D eigenvalue weighted by atomic mass is 9.54. The Kier molecular flexibility index (Phi) is 1.93. The molecule has 1 aliphatic rings. The zero-order chi connectivity index (χ0) is 10.4. The molecule has 2 heteroatoms. The van der Waals surface area contributed by atoms with Crippen LogP contribution in [-0.4, -0.2) is 6.04 Å². The van der Waals surface area contributed by atoms with Crippen molar-refractivity contribution >= 4 is 0 Å². The molecule has 0 spiro atoms. The topological polar surface area (TPSA) is 26.0 Å². The number of nitrogens with two attached hydrogens (primary N) is 1. The molecule has 0 heterocycles. The summed E-state index contributed by atoms with van der Waals surface area (Å²) in [5, 5.41) is 0. The van der Waals surface area contributed by atoms with Crippen molar-refractivity contribution < 1.29 is 4.39 Å². The third-order valence-corrected chi connectivity index (χ3v) is 3.68. The average Bonchev–Trinajstić information content (AvgIpc) is 2.19. The second kappa shape index (κ2) is 2.80. The first-order chi connectivity index (χ1) is 6.48. The van der Waals surface area contributed by atoms with Gasteiger partial charge in [0, 0.05) is 17.9 Å². The number of alkyl halides is 1. The number of hydrogen-bond donors (Lipinski definition) is 1. The van der Waals surface area contributed by atoms with Gasteiger partial charge in [0.1, 0.15) is 5.67 Å². The van der Waals surface area contributed by atoms with Gasteiger partial charge in [0.05, 0.1) is 0 Å². The number of hydrogen-bond acceptors (Lipinski definition) is 1. The molecule has 2 rings (SSSR count). The summed E-state index contributed by atoms with van der Waals surface area (Å²) in [6, 6.07) is 9.29. The van der Waals surface area contributed by atoms with Crippen molar-refractivity contribution in [3.63, 3.8) is 0 Å². The zero-order valence-corrected chi connectivity index (χ0v) is 8.63. The summed E-state index contributed by atoms with van der Waals surface area (Å²) < 4.78 is 14.6. The fourth-order valence-electron chi connectivity index (χ4n) is 2.18. The van der Waals surface area contributed by atoms with E-state index < -0.39 is 11.1 Å². The Balaban J connectivity index is 2.37. The fourth-order valence-corrected chi connectivity index (χ4v) is 2.18. The Morgan fingerprint density at radius 2 is 1.86 bits per heavy atom. The van der Waals surface area contributed by atoms with E-state index >= 15 is 0 Å². The van der Waals surface area contributed by atoms with E-state index in [1.54, 1.807) is 0 Å². The normalized spacial score (nSPS) is 35.0. The first-order valence-corrected chi connectivity index (χ1v) is 4.98. The maximum absolute atomic E-state index is 14.6. The monoisotopic (exact) mass is 193 g/mol. The van der Waals surface area contributed by atoms with Crippen LogP contribution in [0.4, 0.5) is 4.39 Å². The Hall–Kier alpha value is -0.890. The molecule has 14 heavy (non-hydrogen) atoms. The first-order valence-electron chi connectivity index (χ1n) is 4.98. The molecule has 1 aromatic carbocycles. The van der Waals surface area contributed by atoms with Crippen LogP contribution >= 0.6 is 0 Å². The molecule has 2 N–H and O–H groups in total. The molecular weight excluding hydrogens is 177 g/mol. The van der Waals surface area contributed by atoms with Crippen LogP contribution in [0.25, 0.3) is 0 Å². The highest BCUT2D eigenvalue weighted by atomic mass is 19.1. The maximum atomic E-state index is 14.6. The van der Waals surface area contributed by atoms with Crippen molar-refractivity contribution in [2.75, 3.05) is 0 Å². The molecule has 0 aromatic heterocycles. The van der Waals surface area contributed by atoms with E-state index in [9.17, 15) is 4.39 Å². The Morgan fingerprint density at radius 1 is 1.29 bits per heavy atom. The Bertz CT molecular complexity index is 333. The molecule has 2 unspecified atom stereocenters. The molecule has 0 radical (unpaired) electrons. The van der Waals surface area contributed by atoms with Gasteiger partial charge in [0.2, 0.25) is 0 Å². The van der Waals surface area contributed by atoms with Crippen molar-refractivity contribution in [2.45, 2.75) is 32.0 Å². The van der Waals surface area contributed by atoms with E-state index in [0.29, 0.717) is 6.42 Å². The summed E-state index contributed by atoms with van der Waals surface area (Å²) >= 11 is 0. The van der Waals surface area contributed by atoms with Gasteiger partial charge in [-0.3, -0.25) is 0 Å². The van der Waals surface area contributed by atoms with Crippen LogP contribution in [0.5, 0.6) is 0 Å². The molecule has 1 fully saturated rings. The van der Waals surface area contributed by atoms with Crippen LogP contribution in [0.3, 0.4) is 0 Å². The molecule has 1 aliphatic carbocycles. The summed E-state index contributed by atoms with van der Waals surface area (Å²) in [5.74, 6) is 0. The highest BCUT2D eigenvalue weighted by molar-refractivity contribution is 5.30. The molecule has 1 nitrogen and oxygen atoms in total. The van der Waals surface area contributed by atoms with E-state index in [0.717, 1.165) is 5.56 Å². The van der Waals surface area contributed by atoms with Crippen molar-refractivity contribution in [3.05, 3.63) is 35.9 Å². The Labute approximate surface area is 84.1 Å². The second-order valence-corrected chi connectivity index (χ2v) is 4.70. The standard InChI is InChI=1S/C12H16FN/c1-11(2)10(14)8-12(11,13)9-6-4-3-5-7-9/h3-7,10H,8,14H2,1-2H3. The van der Waals surface area contributed by atoms with Gasteiger partial charge < -0.3 is 5.73 Å². The summed E-state index contributed by atoms with van der Waals surface area (Å²) in [6.07, 6.45) is 0.435. The number of rotatable bonds is 1. The van der Waals surface area contributed by atoms with Gasteiger partial charge in [0.25, 0.3) is 0 Å². The van der Waals surface area contributed by atoms with E-state index in [4.69, 9.17) is 5.73 Å². The smallest absolute Gasteiger partial charge is 0.144 e. The van der Waals surface area contributed by atoms with Crippen LogP contribution < -0.4 is 5.73 Å². The molecule has 0 amide bonds. The van der Waals surface area contributed by atoms with E-state index in [-0.39, 0.29) is 6.04 Å². The van der Waals surface area contributed by atoms with Crippen LogP contribution in [0, 0.1) is 5.41 Å². The molecule has 0 saturated heterocycles. The van der Waals surface area contributed by atoms with Gasteiger partial charge in [-0.05, 0) is 5.56 Å². The summed E-state index contributed by atoms with van der Waals surface area (Å²) in [7, 11) is 0. The first kappa shape index (κ1) is 9.66. The van der Waals surface area contributed by atoms with Crippen molar-refractivity contribution in [3.8, 4) is 0 Å². The zero-order valence-electron chi connectivity index (χ0n) is 8.63. The third-order valence-electron chi connectivity index (χ3n) is 3.68. The molecular formula is C12H16FN. The molecule has 1 saturated carbocycles. The van der Waals surface area contributed by atoms with Crippen LogP contribution in [-0.2, 0) is 5.67 Å². The summed E-state index contributed by atoms with van der Waals surface area (Å²) in [5.41, 5.74) is 4.89. The van der Waals surface area contributed by atoms with Crippen molar-refractivity contribution in [1.82, 2.24) is 0 Å². The minimum atomic E-state index is -1.24. The lowest BCUT2D eigenvalue weighted by Gasteiger charge is -2.55. The molecule has 76 valence electrons. The SMILES string of the molecule is CC1(C)C(N)CC1(F)c1ccccc1. The maximum Gasteiger partial charge on any atom is 0.144 e. The summed E-state index contributed by atoms with van der Waals surface area (Å²) in [4.78, 5) is 0. The fraction of sp³-hybridized carbons (Fsp3) is 0.500. The van der Waals surface area contributed by atoms with Gasteiger partial charge in [-0.25, -0.2) is 4.39 Å². The molecule has 1 aromatic rings. The van der Waals surface area contributed by atoms with Gasteiger partial charge in [-0.2, -0.15) is 0 Å². The minimum Gasteiger partial charge on any atom is -0.327 e. The van der Waals surface area contributed by atoms with Gasteiger partial charge in [0.15, 0.2) is 0 Å². The predicted octanol–water partition coefficient (Wildman–Crippen LogP) is 2.61. The van der Waals surface area contributed by atoms with Crippen molar-refractivity contribution in [1.29, 1.82) is 0 Å². The predicted molar refractivity (Wildman–Crippen MR) is 55.6 cm³/mol. The number of benzene rings is 1. The average molecular weight is 193 g/mol. The van der Waals surface area contributed by atoms with E-state index in [2.05, 4.69) is 0 Å². The minimum absolute atomic E-state index is 0.0345. The molecule has 2 atom stereocenters. The van der Waals surface area contributed by atoms with Crippen LogP contribution in [0.1, 0.15) is 25.8 Å². The van der Waals surface area contributed by atoms with Crippen LogP contribution in [0.15, 0.2) is 30.3 Å². The van der Waals surface area contributed by atoms with Crippen molar-refractivity contribution in [2.24, 2.45) is 11.1 Å². The molecule has 0 bridgehead atoms. The van der Waals surface area contributed by atoms with Gasteiger partial charge in [-0.15, -0.1) is 0 Å². The largest absolute Gasteiger partial charge is 0.327 e.